The van der Waals surface area contributed by atoms with Crippen LogP contribution in [0.4, 0.5) is 13.2 Å². The number of benzene rings is 2. The van der Waals surface area contributed by atoms with E-state index in [1.807, 2.05) is 0 Å². The number of hydrogen-bond acceptors (Lipinski definition) is 3. The first-order chi connectivity index (χ1) is 10.6. The second kappa shape index (κ2) is 8.37. The number of rotatable bonds is 3. The van der Waals surface area contributed by atoms with Crippen molar-refractivity contribution in [2.75, 3.05) is 6.26 Å². The Morgan fingerprint density at radius 2 is 1.35 bits per heavy atom. The average molecular weight is 364 g/mol. The molecule has 2 rings (SSSR count). The van der Waals surface area contributed by atoms with E-state index in [-0.39, 0.29) is 0 Å². The van der Waals surface area contributed by atoms with Crippen LogP contribution in [0.5, 0.6) is 0 Å². The van der Waals surface area contributed by atoms with E-state index in [9.17, 15) is 13.2 Å². The summed E-state index contributed by atoms with van der Waals surface area (Å²) in [5.41, 5.74) is -4.22. The first-order valence-electron chi connectivity index (χ1n) is 6.35. The van der Waals surface area contributed by atoms with Crippen LogP contribution in [0.15, 0.2) is 65.6 Å². The molecule has 0 heterocycles. The fourth-order valence-electron chi connectivity index (χ4n) is 1.56. The van der Waals surface area contributed by atoms with Crippen molar-refractivity contribution >= 4 is 21.0 Å². The number of alkyl halides is 3. The van der Waals surface area contributed by atoms with Crippen molar-refractivity contribution in [1.29, 1.82) is 0 Å². The smallest absolute Gasteiger partial charge is 0.485 e. The highest BCUT2D eigenvalue weighted by atomic mass is 32.2. The molecule has 0 aliphatic heterocycles. The summed E-state index contributed by atoms with van der Waals surface area (Å²) >= 11 is 0. The van der Waals surface area contributed by atoms with Crippen LogP contribution in [0, 0.1) is 0 Å². The molecule has 0 aliphatic carbocycles. The minimum Gasteiger partial charge on any atom is -0.741 e. The summed E-state index contributed by atoms with van der Waals surface area (Å²) in [7, 11) is -5.77. The first kappa shape index (κ1) is 19.5. The molecule has 0 fully saturated rings. The van der Waals surface area contributed by atoms with E-state index in [1.54, 1.807) is 0 Å². The Morgan fingerprint density at radius 1 is 0.957 bits per heavy atom. The summed E-state index contributed by atoms with van der Waals surface area (Å²) in [6.45, 7) is 0. The molecular formula is C15H15F3O3S2. The van der Waals surface area contributed by atoms with Crippen molar-refractivity contribution < 1.29 is 26.1 Å². The van der Waals surface area contributed by atoms with Gasteiger partial charge < -0.3 is 4.55 Å². The van der Waals surface area contributed by atoms with Crippen molar-refractivity contribution in [1.82, 2.24) is 0 Å². The third kappa shape index (κ3) is 7.06. The van der Waals surface area contributed by atoms with Crippen LogP contribution in [0.2, 0.25) is 0 Å². The minimum atomic E-state index is -6.09. The zero-order chi connectivity index (χ0) is 17.5. The third-order valence-electron chi connectivity index (χ3n) is 2.66. The lowest BCUT2D eigenvalue weighted by Crippen LogP contribution is -2.21. The molecule has 0 radical (unpaired) electrons. The molecular weight excluding hydrogens is 349 g/mol. The molecule has 1 atom stereocenters. The standard InChI is InChI=1S/C14H15S.CHF3O3S/c1-15(14-10-6-3-7-11-14)12-13-8-4-2-5-9-13;2-1(3,4)8(5,6)7/h2-11H,12H2,1H3;(H,5,6,7)/q+1;/p-1. The molecule has 3 nitrogen and oxygen atoms in total. The topological polar surface area (TPSA) is 57.2 Å². The Balaban J connectivity index is 0.000000284. The van der Waals surface area contributed by atoms with Crippen molar-refractivity contribution in [3.05, 3.63) is 66.2 Å². The minimum absolute atomic E-state index is 0.316. The van der Waals surface area contributed by atoms with Gasteiger partial charge in [-0.05, 0) is 12.1 Å². The zero-order valence-corrected chi connectivity index (χ0v) is 13.8. The Bertz CT molecular complexity index is 687. The Hall–Kier alpha value is -1.51. The fraction of sp³-hybridized carbons (Fsp3) is 0.200. The van der Waals surface area contributed by atoms with Gasteiger partial charge in [-0.25, -0.2) is 8.42 Å². The SMILES string of the molecule is C[S+](Cc1ccccc1)c1ccccc1.O=S(=O)([O-])C(F)(F)F. The second-order valence-corrected chi connectivity index (χ2v) is 7.89. The van der Waals surface area contributed by atoms with E-state index < -0.39 is 15.6 Å². The maximum Gasteiger partial charge on any atom is 0.485 e. The van der Waals surface area contributed by atoms with E-state index in [2.05, 4.69) is 66.9 Å². The van der Waals surface area contributed by atoms with Gasteiger partial charge in [0, 0.05) is 16.5 Å². The highest BCUT2D eigenvalue weighted by molar-refractivity contribution is 7.95. The van der Waals surface area contributed by atoms with E-state index >= 15 is 0 Å². The average Bonchev–Trinajstić information content (AvgIpc) is 2.48. The third-order valence-corrected chi connectivity index (χ3v) is 5.07. The monoisotopic (exact) mass is 364 g/mol. The van der Waals surface area contributed by atoms with Crippen LogP contribution >= 0.6 is 0 Å². The van der Waals surface area contributed by atoms with E-state index in [4.69, 9.17) is 13.0 Å². The molecule has 8 heteroatoms. The van der Waals surface area contributed by atoms with Crippen molar-refractivity contribution in [2.24, 2.45) is 0 Å². The van der Waals surface area contributed by atoms with Gasteiger partial charge in [0.15, 0.2) is 15.0 Å². The number of halogens is 3. The molecule has 0 amide bonds. The molecule has 0 bridgehead atoms. The highest BCUT2D eigenvalue weighted by Crippen LogP contribution is 2.20. The van der Waals surface area contributed by atoms with Crippen LogP contribution in [0.25, 0.3) is 0 Å². The Labute approximate surface area is 136 Å². The van der Waals surface area contributed by atoms with Gasteiger partial charge in [0.1, 0.15) is 12.0 Å². The molecule has 0 saturated carbocycles. The van der Waals surface area contributed by atoms with E-state index in [0.29, 0.717) is 10.9 Å². The van der Waals surface area contributed by atoms with Crippen molar-refractivity contribution in [3.63, 3.8) is 0 Å². The summed E-state index contributed by atoms with van der Waals surface area (Å²) in [4.78, 5) is 1.45. The molecule has 0 spiro atoms. The first-order valence-corrected chi connectivity index (χ1v) is 9.56. The van der Waals surface area contributed by atoms with E-state index in [0.717, 1.165) is 5.75 Å². The van der Waals surface area contributed by atoms with Crippen LogP contribution in [-0.4, -0.2) is 24.7 Å². The molecule has 0 aromatic heterocycles. The lowest BCUT2D eigenvalue weighted by atomic mass is 10.2. The van der Waals surface area contributed by atoms with Gasteiger partial charge in [-0.2, -0.15) is 13.2 Å². The van der Waals surface area contributed by atoms with Gasteiger partial charge in [-0.3, -0.25) is 0 Å². The van der Waals surface area contributed by atoms with Crippen LogP contribution in [0.1, 0.15) is 5.56 Å². The van der Waals surface area contributed by atoms with Crippen LogP contribution < -0.4 is 0 Å². The maximum absolute atomic E-state index is 10.7. The van der Waals surface area contributed by atoms with Gasteiger partial charge in [0.25, 0.3) is 0 Å². The fourth-order valence-corrected chi connectivity index (χ4v) is 3.04. The molecule has 0 N–H and O–H groups in total. The van der Waals surface area contributed by atoms with E-state index in [1.165, 1.54) is 10.5 Å². The Morgan fingerprint density at radius 3 is 1.74 bits per heavy atom. The summed E-state index contributed by atoms with van der Waals surface area (Å²) in [5, 5.41) is 0. The normalized spacial score (nSPS) is 12.9. The molecule has 23 heavy (non-hydrogen) atoms. The van der Waals surface area contributed by atoms with Gasteiger partial charge in [0.2, 0.25) is 0 Å². The molecule has 126 valence electrons. The van der Waals surface area contributed by atoms with Gasteiger partial charge in [0.05, 0.1) is 0 Å². The number of hydrogen-bond donors (Lipinski definition) is 0. The molecule has 0 saturated heterocycles. The second-order valence-electron chi connectivity index (χ2n) is 4.48. The highest BCUT2D eigenvalue weighted by Gasteiger charge is 2.36. The van der Waals surface area contributed by atoms with Gasteiger partial charge >= 0.3 is 5.51 Å². The van der Waals surface area contributed by atoms with Crippen LogP contribution in [0.3, 0.4) is 0 Å². The summed E-state index contributed by atoms with van der Waals surface area (Å²) < 4.78 is 58.9. The molecule has 0 aliphatic rings. The zero-order valence-electron chi connectivity index (χ0n) is 12.2. The lowest BCUT2D eigenvalue weighted by Gasteiger charge is -2.08. The quantitative estimate of drug-likeness (QED) is 0.475. The van der Waals surface area contributed by atoms with Crippen molar-refractivity contribution in [3.8, 4) is 0 Å². The van der Waals surface area contributed by atoms with Crippen molar-refractivity contribution in [2.45, 2.75) is 16.2 Å². The predicted octanol–water partition coefficient (Wildman–Crippen LogP) is 3.55. The predicted molar refractivity (Wildman–Crippen MR) is 83.9 cm³/mol. The largest absolute Gasteiger partial charge is 0.741 e. The molecule has 1 unspecified atom stereocenters. The lowest BCUT2D eigenvalue weighted by molar-refractivity contribution is -0.0517. The summed E-state index contributed by atoms with van der Waals surface area (Å²) in [6.07, 6.45) is 2.31. The van der Waals surface area contributed by atoms with Gasteiger partial charge in [-0.1, -0.05) is 48.5 Å². The maximum atomic E-state index is 10.7. The molecule has 2 aromatic rings. The molecule has 2 aromatic carbocycles. The Kier molecular flexibility index (Phi) is 7.11. The summed E-state index contributed by atoms with van der Waals surface area (Å²) in [6, 6.07) is 21.4. The summed E-state index contributed by atoms with van der Waals surface area (Å²) in [5.74, 6) is 1.14. The van der Waals surface area contributed by atoms with Gasteiger partial charge in [-0.15, -0.1) is 0 Å². The van der Waals surface area contributed by atoms with Crippen LogP contribution in [-0.2, 0) is 26.8 Å².